The van der Waals surface area contributed by atoms with Crippen LogP contribution in [0.4, 0.5) is 0 Å². The summed E-state index contributed by atoms with van der Waals surface area (Å²) in [6.45, 7) is 0.406. The third-order valence-electron chi connectivity index (χ3n) is 3.70. The number of aliphatic hydroxyl groups is 1. The maximum atomic E-state index is 12.0. The van der Waals surface area contributed by atoms with Gasteiger partial charge in [-0.25, -0.2) is 4.79 Å². The zero-order valence-corrected chi connectivity index (χ0v) is 12.3. The second-order valence-electron chi connectivity index (χ2n) is 5.12. The van der Waals surface area contributed by atoms with Gasteiger partial charge in [0.2, 0.25) is 5.91 Å². The Labute approximate surface area is 126 Å². The van der Waals surface area contributed by atoms with Crippen LogP contribution < -0.4 is 0 Å². The maximum absolute atomic E-state index is 12.0. The van der Waals surface area contributed by atoms with Crippen molar-refractivity contribution in [2.45, 2.75) is 31.3 Å². The van der Waals surface area contributed by atoms with E-state index in [4.69, 9.17) is 5.11 Å². The molecule has 114 valence electrons. The van der Waals surface area contributed by atoms with Crippen molar-refractivity contribution in [1.29, 1.82) is 0 Å². The summed E-state index contributed by atoms with van der Waals surface area (Å²) >= 11 is 1.35. The monoisotopic (exact) mass is 311 g/mol. The van der Waals surface area contributed by atoms with Crippen molar-refractivity contribution in [3.8, 4) is 0 Å². The van der Waals surface area contributed by atoms with E-state index >= 15 is 0 Å². The molecule has 1 fully saturated rings. The lowest BCUT2D eigenvalue weighted by Crippen LogP contribution is -2.50. The van der Waals surface area contributed by atoms with E-state index in [0.717, 1.165) is 0 Å². The summed E-state index contributed by atoms with van der Waals surface area (Å²) in [6, 6.07) is 3.52. The molecule has 0 aliphatic carbocycles. The van der Waals surface area contributed by atoms with Crippen molar-refractivity contribution in [2.24, 2.45) is 0 Å². The van der Waals surface area contributed by atoms with E-state index in [-0.39, 0.29) is 50.5 Å². The van der Waals surface area contributed by atoms with E-state index in [1.54, 1.807) is 12.1 Å². The summed E-state index contributed by atoms with van der Waals surface area (Å²) in [4.78, 5) is 36.9. The standard InChI is InChI=1S/C14H17NO5S/c16-10(11-2-1-9-21-11)3-4-12(17)15-7-5-14(20,6-8-15)13(18)19/h1-2,9,20H,3-8H2,(H,18,19). The molecule has 0 atom stereocenters. The molecule has 1 amide bonds. The molecule has 2 rings (SSSR count). The highest BCUT2D eigenvalue weighted by molar-refractivity contribution is 7.12. The fourth-order valence-corrected chi connectivity index (χ4v) is 2.97. The highest BCUT2D eigenvalue weighted by Gasteiger charge is 2.40. The Balaban J connectivity index is 1.80. The van der Waals surface area contributed by atoms with Gasteiger partial charge in [0.1, 0.15) is 0 Å². The summed E-state index contributed by atoms with van der Waals surface area (Å²) in [7, 11) is 0. The molecule has 0 aromatic carbocycles. The number of carbonyl (C=O) groups is 3. The third kappa shape index (κ3) is 3.68. The molecule has 21 heavy (non-hydrogen) atoms. The second-order valence-corrected chi connectivity index (χ2v) is 6.07. The van der Waals surface area contributed by atoms with Crippen LogP contribution in [0.2, 0.25) is 0 Å². The van der Waals surface area contributed by atoms with Gasteiger partial charge in [-0.05, 0) is 11.4 Å². The average Bonchev–Trinajstić information content (AvgIpc) is 2.99. The Bertz CT molecular complexity index is 532. The Morgan fingerprint density at radius 2 is 1.90 bits per heavy atom. The Kier molecular flexibility index (Phi) is 4.74. The van der Waals surface area contributed by atoms with Crippen LogP contribution in [0, 0.1) is 0 Å². The van der Waals surface area contributed by atoms with E-state index in [2.05, 4.69) is 0 Å². The molecule has 0 saturated carbocycles. The van der Waals surface area contributed by atoms with Crippen LogP contribution >= 0.6 is 11.3 Å². The average molecular weight is 311 g/mol. The summed E-state index contributed by atoms with van der Waals surface area (Å²) in [5, 5.41) is 20.5. The van der Waals surface area contributed by atoms with Gasteiger partial charge in [-0.2, -0.15) is 0 Å². The lowest BCUT2D eigenvalue weighted by atomic mass is 9.91. The van der Waals surface area contributed by atoms with Crippen molar-refractivity contribution >= 4 is 29.0 Å². The first kappa shape index (κ1) is 15.7. The quantitative estimate of drug-likeness (QED) is 0.795. The molecule has 2 N–H and O–H groups in total. The van der Waals surface area contributed by atoms with E-state index in [1.165, 1.54) is 16.2 Å². The summed E-state index contributed by atoms with van der Waals surface area (Å²) < 4.78 is 0. The molecule has 1 aromatic rings. The zero-order valence-electron chi connectivity index (χ0n) is 11.4. The zero-order chi connectivity index (χ0) is 15.5. The van der Waals surface area contributed by atoms with Gasteiger partial charge in [0.15, 0.2) is 11.4 Å². The van der Waals surface area contributed by atoms with Gasteiger partial charge in [-0.1, -0.05) is 6.07 Å². The van der Waals surface area contributed by atoms with E-state index in [0.29, 0.717) is 4.88 Å². The first-order valence-electron chi connectivity index (χ1n) is 6.73. The van der Waals surface area contributed by atoms with Crippen molar-refractivity contribution in [3.63, 3.8) is 0 Å². The van der Waals surface area contributed by atoms with Crippen molar-refractivity contribution < 1.29 is 24.6 Å². The highest BCUT2D eigenvalue weighted by Crippen LogP contribution is 2.23. The van der Waals surface area contributed by atoms with Crippen LogP contribution in [-0.2, 0) is 9.59 Å². The van der Waals surface area contributed by atoms with Crippen molar-refractivity contribution in [2.75, 3.05) is 13.1 Å². The Hall–Kier alpha value is -1.73. The number of likely N-dealkylation sites (tertiary alicyclic amines) is 1. The number of carboxylic acids is 1. The maximum Gasteiger partial charge on any atom is 0.335 e. The van der Waals surface area contributed by atoms with Gasteiger partial charge in [0.05, 0.1) is 4.88 Å². The number of carboxylic acid groups (broad SMARTS) is 1. The fraction of sp³-hybridized carbons (Fsp3) is 0.500. The normalized spacial score (nSPS) is 17.5. The molecule has 0 bridgehead atoms. The largest absolute Gasteiger partial charge is 0.479 e. The van der Waals surface area contributed by atoms with Gasteiger partial charge in [-0.3, -0.25) is 9.59 Å². The minimum atomic E-state index is -1.73. The predicted molar refractivity (Wildman–Crippen MR) is 76.3 cm³/mol. The molecule has 1 aliphatic rings. The molecule has 0 spiro atoms. The van der Waals surface area contributed by atoms with E-state index in [9.17, 15) is 19.5 Å². The number of ketones is 1. The first-order valence-corrected chi connectivity index (χ1v) is 7.60. The smallest absolute Gasteiger partial charge is 0.335 e. The summed E-state index contributed by atoms with van der Waals surface area (Å²) in [5.41, 5.74) is -1.73. The van der Waals surface area contributed by atoms with Gasteiger partial charge in [0.25, 0.3) is 0 Å². The molecule has 7 heteroatoms. The van der Waals surface area contributed by atoms with Gasteiger partial charge < -0.3 is 15.1 Å². The molecule has 6 nitrogen and oxygen atoms in total. The van der Waals surface area contributed by atoms with Crippen LogP contribution in [0.3, 0.4) is 0 Å². The molecule has 0 unspecified atom stereocenters. The Morgan fingerprint density at radius 1 is 1.24 bits per heavy atom. The Morgan fingerprint density at radius 3 is 2.43 bits per heavy atom. The van der Waals surface area contributed by atoms with Gasteiger partial charge in [0, 0.05) is 38.8 Å². The number of hydrogen-bond acceptors (Lipinski definition) is 5. The lowest BCUT2D eigenvalue weighted by molar-refractivity contribution is -0.165. The number of hydrogen-bond donors (Lipinski definition) is 2. The molecular weight excluding hydrogens is 294 g/mol. The molecule has 1 aliphatic heterocycles. The second kappa shape index (κ2) is 6.36. The molecular formula is C14H17NO5S. The molecule has 2 heterocycles. The molecule has 1 aromatic heterocycles. The highest BCUT2D eigenvalue weighted by atomic mass is 32.1. The summed E-state index contributed by atoms with van der Waals surface area (Å²) in [5.74, 6) is -1.48. The number of aliphatic carboxylic acids is 1. The topological polar surface area (TPSA) is 94.9 Å². The third-order valence-corrected chi connectivity index (χ3v) is 4.61. The molecule has 0 radical (unpaired) electrons. The number of Topliss-reactive ketones (excluding diaryl/α,β-unsaturated/α-hetero) is 1. The number of piperidine rings is 1. The minimum absolute atomic E-state index is 0.0208. The van der Waals surface area contributed by atoms with E-state index < -0.39 is 11.6 Å². The van der Waals surface area contributed by atoms with Crippen LogP contribution in [0.25, 0.3) is 0 Å². The van der Waals surface area contributed by atoms with Crippen molar-refractivity contribution in [1.82, 2.24) is 4.90 Å². The molecule has 1 saturated heterocycles. The number of carbonyl (C=O) groups excluding carboxylic acids is 2. The fourth-order valence-electron chi connectivity index (χ4n) is 2.28. The number of rotatable bonds is 5. The van der Waals surface area contributed by atoms with Crippen LogP contribution in [0.1, 0.15) is 35.4 Å². The van der Waals surface area contributed by atoms with Gasteiger partial charge in [-0.15, -0.1) is 11.3 Å². The van der Waals surface area contributed by atoms with Crippen LogP contribution in [-0.4, -0.2) is 51.5 Å². The number of amides is 1. The SMILES string of the molecule is O=C(CCC(=O)N1CCC(O)(C(=O)O)CC1)c1cccs1. The predicted octanol–water partition coefficient (Wildman–Crippen LogP) is 1.15. The summed E-state index contributed by atoms with van der Waals surface area (Å²) in [6.07, 6.45) is 0.307. The van der Waals surface area contributed by atoms with E-state index in [1.807, 2.05) is 5.38 Å². The van der Waals surface area contributed by atoms with Crippen LogP contribution in [0.5, 0.6) is 0 Å². The lowest BCUT2D eigenvalue weighted by Gasteiger charge is -2.35. The van der Waals surface area contributed by atoms with Crippen LogP contribution in [0.15, 0.2) is 17.5 Å². The van der Waals surface area contributed by atoms with Gasteiger partial charge >= 0.3 is 5.97 Å². The first-order chi connectivity index (χ1) is 9.92. The van der Waals surface area contributed by atoms with Crippen molar-refractivity contribution in [3.05, 3.63) is 22.4 Å². The minimum Gasteiger partial charge on any atom is -0.479 e. The number of nitrogens with zero attached hydrogens (tertiary/aromatic N) is 1. The number of thiophene rings is 1.